The Balaban J connectivity index is 2.59. The predicted octanol–water partition coefficient (Wildman–Crippen LogP) is 2.51. The molecule has 0 aromatic heterocycles. The molecule has 0 radical (unpaired) electrons. The van der Waals surface area contributed by atoms with Gasteiger partial charge < -0.3 is 0 Å². The topological polar surface area (TPSA) is 0 Å². The van der Waals surface area contributed by atoms with Gasteiger partial charge in [0.05, 0.1) is 0 Å². The van der Waals surface area contributed by atoms with Crippen LogP contribution in [0.1, 0.15) is 0 Å². The third-order valence-electron chi connectivity index (χ3n) is 1.23. The van der Waals surface area contributed by atoms with Crippen molar-refractivity contribution in [1.29, 1.82) is 0 Å². The van der Waals surface area contributed by atoms with E-state index in [2.05, 4.69) is 68.9 Å². The number of halogens is 2. The van der Waals surface area contributed by atoms with Crippen LogP contribution in [0.15, 0.2) is 30.3 Å². The summed E-state index contributed by atoms with van der Waals surface area (Å²) in [6.07, 6.45) is 0. The van der Waals surface area contributed by atoms with E-state index in [0.29, 0.717) is 0 Å². The first-order chi connectivity index (χ1) is 4.79. The van der Waals surface area contributed by atoms with E-state index < -0.39 is 24.6 Å². The van der Waals surface area contributed by atoms with Crippen molar-refractivity contribution in [2.45, 2.75) is 0.343 Å². The molecule has 1 aromatic carbocycles. The fraction of sp³-hybridized carbons (Fsp3) is 0.143. The third kappa shape index (κ3) is 3.67. The van der Waals surface area contributed by atoms with Gasteiger partial charge in [0.2, 0.25) is 0 Å². The first kappa shape index (κ1) is 9.45. The Morgan fingerprint density at radius 2 is 1.90 bits per heavy atom. The van der Waals surface area contributed by atoms with Gasteiger partial charge in [-0.05, 0) is 0 Å². The van der Waals surface area contributed by atoms with E-state index >= 15 is 0 Å². The molecule has 3 heteroatoms. The Morgan fingerprint density at radius 3 is 2.40 bits per heavy atom. The van der Waals surface area contributed by atoms with E-state index in [9.17, 15) is 0 Å². The molecule has 1 atom stereocenters. The third-order valence-corrected chi connectivity index (χ3v) is 12.8. The van der Waals surface area contributed by atoms with Gasteiger partial charge in [-0.1, -0.05) is 0 Å². The fourth-order valence-electron chi connectivity index (χ4n) is 0.792. The molecule has 0 bridgehead atoms. The van der Waals surface area contributed by atoms with E-state index in [-0.39, 0.29) is 0 Å². The van der Waals surface area contributed by atoms with Crippen LogP contribution < -0.4 is 3.07 Å². The molecule has 1 unspecified atom stereocenters. The van der Waals surface area contributed by atoms with Crippen LogP contribution in [-0.4, -0.2) is 0.343 Å². The maximum absolute atomic E-state index is 3.60. The van der Waals surface area contributed by atoms with Crippen molar-refractivity contribution in [2.24, 2.45) is 0 Å². The molecule has 0 amide bonds. The van der Waals surface area contributed by atoms with Gasteiger partial charge in [0.15, 0.2) is 0 Å². The number of hydrogen-bond acceptors (Lipinski definition) is 0. The van der Waals surface area contributed by atoms with E-state index in [0.717, 1.165) is 0.343 Å². The summed E-state index contributed by atoms with van der Waals surface area (Å²) in [5.74, 6) is 0. The van der Waals surface area contributed by atoms with Crippen LogP contribution >= 0.6 is 38.5 Å². The molecule has 0 N–H and O–H groups in total. The molecule has 0 saturated carbocycles. The average molecular weight is 498 g/mol. The summed E-state index contributed by atoms with van der Waals surface area (Å²) >= 11 is 5.28. The Labute approximate surface area is 95.5 Å². The molecule has 0 nitrogen and oxygen atoms in total. The van der Waals surface area contributed by atoms with Gasteiger partial charge >= 0.3 is 96.8 Å². The fourth-order valence-corrected chi connectivity index (χ4v) is 12.0. The second-order valence-electron chi connectivity index (χ2n) is 2.08. The normalized spacial score (nSPS) is 12.2. The van der Waals surface area contributed by atoms with Crippen LogP contribution in [0.25, 0.3) is 0 Å². The van der Waals surface area contributed by atoms with E-state index in [1.54, 1.807) is 3.07 Å². The van der Waals surface area contributed by atoms with Gasteiger partial charge in [0.25, 0.3) is 0 Å². The molecule has 0 aliphatic heterocycles. The summed E-state index contributed by atoms with van der Waals surface area (Å²) in [6, 6.07) is 10.8. The van der Waals surface area contributed by atoms with Crippen molar-refractivity contribution in [2.75, 3.05) is 0 Å². The quantitative estimate of drug-likeness (QED) is 0.335. The van der Waals surface area contributed by atoms with E-state index in [1.807, 2.05) is 0 Å². The molecule has 0 heterocycles. The number of hydrogen-bond donors (Lipinski definition) is 0. The SMILES string of the molecule is Br[CH](I)[Hg][c]1ccccc1. The summed E-state index contributed by atoms with van der Waals surface area (Å²) in [6.45, 7) is 0. The van der Waals surface area contributed by atoms with Crippen LogP contribution in [0.4, 0.5) is 0 Å². The van der Waals surface area contributed by atoms with Gasteiger partial charge in [-0.25, -0.2) is 0 Å². The zero-order chi connectivity index (χ0) is 7.40. The summed E-state index contributed by atoms with van der Waals surface area (Å²) in [7, 11) is 0. The molecule has 0 fully saturated rings. The Bertz CT molecular complexity index is 188. The summed E-state index contributed by atoms with van der Waals surface area (Å²) in [5, 5.41) is 0. The molecule has 1 aromatic rings. The summed E-state index contributed by atoms with van der Waals surface area (Å²) in [4.78, 5) is 0. The van der Waals surface area contributed by atoms with Gasteiger partial charge in [-0.2, -0.15) is 0 Å². The zero-order valence-corrected chi connectivity index (χ0v) is 14.7. The molecule has 0 aliphatic carbocycles. The van der Waals surface area contributed by atoms with Gasteiger partial charge in [0, 0.05) is 0 Å². The molecule has 50 valence electrons. The van der Waals surface area contributed by atoms with Gasteiger partial charge in [-0.15, -0.1) is 0 Å². The molecular weight excluding hydrogens is 491 g/mol. The second kappa shape index (κ2) is 5.09. The minimum absolute atomic E-state index is 0.771. The first-order valence-electron chi connectivity index (χ1n) is 3.11. The minimum atomic E-state index is -0.776. The van der Waals surface area contributed by atoms with Gasteiger partial charge in [0.1, 0.15) is 0 Å². The standard InChI is InChI=1S/C6H5.CHBrI.Hg/c1-2-4-6-5-3-1;2-1-3;/h1-5H;1H;. The summed E-state index contributed by atoms with van der Waals surface area (Å²) < 4.78 is 2.38. The van der Waals surface area contributed by atoms with Crippen molar-refractivity contribution in [3.8, 4) is 0 Å². The van der Waals surface area contributed by atoms with Crippen LogP contribution in [0, 0.1) is 0 Å². The van der Waals surface area contributed by atoms with Crippen LogP contribution in [0.3, 0.4) is 0 Å². The Kier molecular flexibility index (Phi) is 4.81. The maximum atomic E-state index is 3.60. The number of rotatable bonds is 2. The summed E-state index contributed by atoms with van der Waals surface area (Å²) in [5.41, 5.74) is 0. The first-order valence-corrected chi connectivity index (χ1v) is 11.2. The molecule has 0 saturated heterocycles. The van der Waals surface area contributed by atoms with E-state index in [4.69, 9.17) is 0 Å². The van der Waals surface area contributed by atoms with Crippen molar-refractivity contribution in [3.05, 3.63) is 30.3 Å². The second-order valence-corrected chi connectivity index (χ2v) is 25.4. The Hall–Kier alpha value is 1.37. The molecule has 0 aliphatic rings. The van der Waals surface area contributed by atoms with Crippen molar-refractivity contribution >= 4 is 41.6 Å². The van der Waals surface area contributed by atoms with Crippen LogP contribution in [0.2, 0.25) is 0 Å². The van der Waals surface area contributed by atoms with Crippen molar-refractivity contribution < 1.29 is 24.6 Å². The molecule has 0 spiro atoms. The van der Waals surface area contributed by atoms with Crippen molar-refractivity contribution in [1.82, 2.24) is 0 Å². The van der Waals surface area contributed by atoms with E-state index in [1.165, 1.54) is 0 Å². The zero-order valence-electron chi connectivity index (χ0n) is 5.43. The van der Waals surface area contributed by atoms with Crippen LogP contribution in [0.5, 0.6) is 0 Å². The monoisotopic (exact) mass is 498 g/mol. The predicted molar refractivity (Wildman–Crippen MR) is 52.8 cm³/mol. The van der Waals surface area contributed by atoms with Crippen LogP contribution in [-0.2, 0) is 24.6 Å². The van der Waals surface area contributed by atoms with Gasteiger partial charge in [-0.3, -0.25) is 0 Å². The molecular formula is C7H6BrHgI. The molecule has 10 heavy (non-hydrogen) atoms. The number of benzene rings is 1. The number of alkyl halides is 2. The molecule has 1 rings (SSSR count). The van der Waals surface area contributed by atoms with Crippen molar-refractivity contribution in [3.63, 3.8) is 0 Å². The Morgan fingerprint density at radius 1 is 1.30 bits per heavy atom. The average Bonchev–Trinajstić information content (AvgIpc) is 1.88.